The SMILES string of the molecule is COc1ccnc(C(=O)C[C@@H](C)C(=O)O[C@@H](C)[C@H](Oc2ccc3ccccc3c2)C(C)C)c1OC(C)=O. The Bertz CT molecular complexity index is 1270. The Kier molecular flexibility index (Phi) is 9.22. The zero-order valence-corrected chi connectivity index (χ0v) is 22.0. The molecule has 3 atom stereocenters. The van der Waals surface area contributed by atoms with Crippen molar-refractivity contribution in [1.82, 2.24) is 4.98 Å². The molecule has 8 heteroatoms. The average Bonchev–Trinajstić information content (AvgIpc) is 2.86. The Morgan fingerprint density at radius 1 is 0.946 bits per heavy atom. The van der Waals surface area contributed by atoms with Crippen LogP contribution in [0.4, 0.5) is 0 Å². The minimum absolute atomic E-state index is 0.0541. The molecule has 1 aromatic heterocycles. The van der Waals surface area contributed by atoms with Gasteiger partial charge in [0.25, 0.3) is 0 Å². The van der Waals surface area contributed by atoms with Crippen molar-refractivity contribution in [2.75, 3.05) is 7.11 Å². The predicted molar refractivity (Wildman–Crippen MR) is 139 cm³/mol. The van der Waals surface area contributed by atoms with Crippen molar-refractivity contribution in [2.24, 2.45) is 11.8 Å². The maximum absolute atomic E-state index is 13.0. The van der Waals surface area contributed by atoms with E-state index in [1.54, 1.807) is 13.8 Å². The van der Waals surface area contributed by atoms with Crippen LogP contribution in [0.5, 0.6) is 17.2 Å². The Balaban J connectivity index is 1.68. The summed E-state index contributed by atoms with van der Waals surface area (Å²) in [6, 6.07) is 15.3. The van der Waals surface area contributed by atoms with Crippen molar-refractivity contribution in [2.45, 2.75) is 53.2 Å². The molecule has 1 heterocycles. The standard InChI is InChI=1S/C29H33NO7/c1-17(2)27(37-23-12-11-21-9-7-8-10-22(21)16-23)19(4)35-29(33)18(3)15-24(32)26-28(36-20(5)31)25(34-6)13-14-30-26/h7-14,16-19,27H,15H2,1-6H3/t18-,19+,27-/m1/s1. The van der Waals surface area contributed by atoms with E-state index in [9.17, 15) is 14.4 Å². The number of carbonyl (C=O) groups excluding carboxylic acids is 3. The number of carbonyl (C=O) groups is 3. The number of rotatable bonds is 11. The van der Waals surface area contributed by atoms with Gasteiger partial charge in [0.15, 0.2) is 17.2 Å². The van der Waals surface area contributed by atoms with Gasteiger partial charge in [0, 0.05) is 25.6 Å². The molecule has 0 aliphatic heterocycles. The molecule has 37 heavy (non-hydrogen) atoms. The quantitative estimate of drug-likeness (QED) is 0.251. The van der Waals surface area contributed by atoms with E-state index in [0.29, 0.717) is 5.75 Å². The number of aromatic nitrogens is 1. The number of ether oxygens (including phenoxy) is 4. The lowest BCUT2D eigenvalue weighted by atomic mass is 10.0. The summed E-state index contributed by atoms with van der Waals surface area (Å²) in [6.07, 6.45) is 0.228. The third-order valence-corrected chi connectivity index (χ3v) is 5.91. The number of benzene rings is 2. The summed E-state index contributed by atoms with van der Waals surface area (Å²) in [5, 5.41) is 2.16. The molecule has 0 radical (unpaired) electrons. The van der Waals surface area contributed by atoms with Gasteiger partial charge < -0.3 is 18.9 Å². The first-order valence-corrected chi connectivity index (χ1v) is 12.2. The normalized spacial score (nSPS) is 13.5. The number of ketones is 1. The van der Waals surface area contributed by atoms with E-state index >= 15 is 0 Å². The van der Waals surface area contributed by atoms with Crippen LogP contribution in [0.2, 0.25) is 0 Å². The van der Waals surface area contributed by atoms with Gasteiger partial charge in [-0.25, -0.2) is 4.98 Å². The number of fused-ring (bicyclic) bond motifs is 1. The van der Waals surface area contributed by atoms with E-state index < -0.39 is 35.8 Å². The minimum Gasteiger partial charge on any atom is -0.493 e. The van der Waals surface area contributed by atoms with Gasteiger partial charge in [-0.05, 0) is 35.7 Å². The average molecular weight is 508 g/mol. The second-order valence-corrected chi connectivity index (χ2v) is 9.29. The molecule has 0 spiro atoms. The van der Waals surface area contributed by atoms with Gasteiger partial charge in [-0.15, -0.1) is 0 Å². The number of pyridine rings is 1. The molecule has 0 aliphatic carbocycles. The van der Waals surface area contributed by atoms with Crippen molar-refractivity contribution in [3.05, 3.63) is 60.4 Å². The first-order chi connectivity index (χ1) is 17.6. The molecule has 3 aromatic rings. The topological polar surface area (TPSA) is 101 Å². The lowest BCUT2D eigenvalue weighted by Crippen LogP contribution is -2.38. The predicted octanol–water partition coefficient (Wildman–Crippen LogP) is 5.41. The van der Waals surface area contributed by atoms with Crippen molar-refractivity contribution in [3.8, 4) is 17.2 Å². The third-order valence-electron chi connectivity index (χ3n) is 5.91. The summed E-state index contributed by atoms with van der Waals surface area (Å²) in [5.74, 6) is -1.52. The number of hydrogen-bond donors (Lipinski definition) is 0. The van der Waals surface area contributed by atoms with Crippen molar-refractivity contribution in [1.29, 1.82) is 0 Å². The van der Waals surface area contributed by atoms with Crippen LogP contribution in [0.3, 0.4) is 0 Å². The van der Waals surface area contributed by atoms with Gasteiger partial charge >= 0.3 is 11.9 Å². The van der Waals surface area contributed by atoms with Gasteiger partial charge in [0.05, 0.1) is 13.0 Å². The number of hydrogen-bond acceptors (Lipinski definition) is 8. The van der Waals surface area contributed by atoms with E-state index in [-0.39, 0.29) is 29.5 Å². The Labute approximate surface area is 216 Å². The maximum atomic E-state index is 13.0. The zero-order chi connectivity index (χ0) is 27.1. The fourth-order valence-electron chi connectivity index (χ4n) is 4.03. The molecular formula is C29H33NO7. The Morgan fingerprint density at radius 3 is 2.30 bits per heavy atom. The number of methoxy groups -OCH3 is 1. The van der Waals surface area contributed by atoms with E-state index in [0.717, 1.165) is 10.8 Å². The number of nitrogens with zero attached hydrogens (tertiary/aromatic N) is 1. The highest BCUT2D eigenvalue weighted by Gasteiger charge is 2.30. The van der Waals surface area contributed by atoms with Gasteiger partial charge in [-0.3, -0.25) is 14.4 Å². The molecule has 0 bridgehead atoms. The number of Topliss-reactive ketones (excluding diaryl/α,β-unsaturated/α-hetero) is 1. The van der Waals surface area contributed by atoms with E-state index in [1.807, 2.05) is 56.3 Å². The lowest BCUT2D eigenvalue weighted by Gasteiger charge is -2.29. The van der Waals surface area contributed by atoms with Gasteiger partial charge in [-0.2, -0.15) is 0 Å². The van der Waals surface area contributed by atoms with Crippen LogP contribution in [0, 0.1) is 11.8 Å². The van der Waals surface area contributed by atoms with Crippen LogP contribution in [-0.2, 0) is 14.3 Å². The molecule has 2 aromatic carbocycles. The van der Waals surface area contributed by atoms with Gasteiger partial charge in [0.1, 0.15) is 18.0 Å². The molecule has 196 valence electrons. The van der Waals surface area contributed by atoms with Crippen molar-refractivity contribution >= 4 is 28.5 Å². The molecule has 0 fully saturated rings. The lowest BCUT2D eigenvalue weighted by molar-refractivity contribution is -0.158. The van der Waals surface area contributed by atoms with Crippen LogP contribution in [0.1, 0.15) is 51.5 Å². The highest BCUT2D eigenvalue weighted by atomic mass is 16.6. The Hall–Kier alpha value is -3.94. The smallest absolute Gasteiger partial charge is 0.309 e. The van der Waals surface area contributed by atoms with E-state index in [2.05, 4.69) is 4.98 Å². The first-order valence-electron chi connectivity index (χ1n) is 12.2. The molecule has 0 saturated carbocycles. The minimum atomic E-state index is -0.762. The Morgan fingerprint density at radius 2 is 1.65 bits per heavy atom. The van der Waals surface area contributed by atoms with Crippen molar-refractivity contribution in [3.63, 3.8) is 0 Å². The van der Waals surface area contributed by atoms with Crippen LogP contribution >= 0.6 is 0 Å². The fourth-order valence-corrected chi connectivity index (χ4v) is 4.03. The van der Waals surface area contributed by atoms with Gasteiger partial charge in [-0.1, -0.05) is 51.1 Å². The molecule has 0 N–H and O–H groups in total. The monoisotopic (exact) mass is 507 g/mol. The van der Waals surface area contributed by atoms with Crippen molar-refractivity contribution < 1.29 is 33.3 Å². The van der Waals surface area contributed by atoms with Crippen LogP contribution < -0.4 is 14.2 Å². The molecule has 8 nitrogen and oxygen atoms in total. The zero-order valence-electron chi connectivity index (χ0n) is 22.0. The third kappa shape index (κ3) is 7.06. The van der Waals surface area contributed by atoms with E-state index in [1.165, 1.54) is 26.3 Å². The summed E-state index contributed by atoms with van der Waals surface area (Å²) in [7, 11) is 1.39. The highest BCUT2D eigenvalue weighted by Crippen LogP contribution is 2.31. The largest absolute Gasteiger partial charge is 0.493 e. The second kappa shape index (κ2) is 12.3. The summed E-state index contributed by atoms with van der Waals surface area (Å²) in [4.78, 5) is 41.4. The first kappa shape index (κ1) is 27.6. The number of esters is 2. The second-order valence-electron chi connectivity index (χ2n) is 9.29. The molecule has 0 aliphatic rings. The van der Waals surface area contributed by atoms with Crippen LogP contribution in [0.15, 0.2) is 54.7 Å². The molecular weight excluding hydrogens is 474 g/mol. The van der Waals surface area contributed by atoms with Crippen LogP contribution in [-0.4, -0.2) is 42.0 Å². The molecule has 0 saturated heterocycles. The summed E-state index contributed by atoms with van der Waals surface area (Å²) in [6.45, 7) is 8.59. The fraction of sp³-hybridized carbons (Fsp3) is 0.379. The maximum Gasteiger partial charge on any atom is 0.309 e. The molecule has 0 unspecified atom stereocenters. The highest BCUT2D eigenvalue weighted by molar-refractivity contribution is 6.00. The van der Waals surface area contributed by atoms with Crippen LogP contribution in [0.25, 0.3) is 10.8 Å². The van der Waals surface area contributed by atoms with Gasteiger partial charge in [0.2, 0.25) is 5.75 Å². The molecule has 3 rings (SSSR count). The summed E-state index contributed by atoms with van der Waals surface area (Å²) < 4.78 is 22.3. The summed E-state index contributed by atoms with van der Waals surface area (Å²) in [5.41, 5.74) is -0.0815. The molecule has 0 amide bonds. The summed E-state index contributed by atoms with van der Waals surface area (Å²) >= 11 is 0. The van der Waals surface area contributed by atoms with E-state index in [4.69, 9.17) is 18.9 Å².